The summed E-state index contributed by atoms with van der Waals surface area (Å²) in [6.07, 6.45) is -4.20. The minimum atomic E-state index is -4.40. The molecule has 0 fully saturated rings. The summed E-state index contributed by atoms with van der Waals surface area (Å²) in [5.74, 6) is -0.103. The summed E-state index contributed by atoms with van der Waals surface area (Å²) in [7, 11) is 0. The first-order valence-electron chi connectivity index (χ1n) is 6.11. The molecule has 3 N–H and O–H groups in total. The topological polar surface area (TPSA) is 64.4 Å². The fraction of sp³-hybridized carbons (Fsp3) is 0.462. The second-order valence-corrected chi connectivity index (χ2v) is 4.41. The lowest BCUT2D eigenvalue weighted by molar-refractivity contribution is -0.137. The van der Waals surface area contributed by atoms with Crippen LogP contribution in [-0.4, -0.2) is 25.1 Å². The third-order valence-electron chi connectivity index (χ3n) is 2.36. The summed E-state index contributed by atoms with van der Waals surface area (Å²) < 4.78 is 42.5. The highest BCUT2D eigenvalue weighted by atomic mass is 19.4. The third-order valence-corrected chi connectivity index (χ3v) is 2.36. The second kappa shape index (κ2) is 7.14. The van der Waals surface area contributed by atoms with E-state index in [0.717, 1.165) is 12.1 Å². The van der Waals surface area contributed by atoms with Crippen LogP contribution in [0.15, 0.2) is 24.3 Å². The van der Waals surface area contributed by atoms with E-state index in [2.05, 4.69) is 5.32 Å². The number of carbonyl (C=O) groups excluding carboxylic acids is 1. The molecule has 1 amide bonds. The SMILES string of the molecule is CC(N)CC(=O)NCCOc1cccc(C(F)(F)F)c1. The quantitative estimate of drug-likeness (QED) is 0.787. The Labute approximate surface area is 115 Å². The van der Waals surface area contributed by atoms with Crippen LogP contribution in [0.3, 0.4) is 0 Å². The van der Waals surface area contributed by atoms with Gasteiger partial charge in [-0.3, -0.25) is 4.79 Å². The Hall–Kier alpha value is -1.76. The van der Waals surface area contributed by atoms with Gasteiger partial charge in [0.1, 0.15) is 12.4 Å². The molecule has 1 unspecified atom stereocenters. The molecule has 0 bridgehead atoms. The Balaban J connectivity index is 2.38. The molecule has 1 atom stereocenters. The Morgan fingerprint density at radius 1 is 1.45 bits per heavy atom. The molecule has 7 heteroatoms. The number of ether oxygens (including phenoxy) is 1. The van der Waals surface area contributed by atoms with Crippen LogP contribution in [0.5, 0.6) is 5.75 Å². The summed E-state index contributed by atoms with van der Waals surface area (Å²) in [5, 5.41) is 2.56. The van der Waals surface area contributed by atoms with Crippen LogP contribution in [0.2, 0.25) is 0 Å². The highest BCUT2D eigenvalue weighted by molar-refractivity contribution is 5.76. The lowest BCUT2D eigenvalue weighted by Crippen LogP contribution is -2.32. The third kappa shape index (κ3) is 5.92. The zero-order valence-corrected chi connectivity index (χ0v) is 11.0. The van der Waals surface area contributed by atoms with Crippen molar-refractivity contribution in [1.29, 1.82) is 0 Å². The number of hydrogen-bond donors (Lipinski definition) is 2. The molecule has 0 aliphatic carbocycles. The van der Waals surface area contributed by atoms with E-state index in [9.17, 15) is 18.0 Å². The number of benzene rings is 1. The number of hydrogen-bond acceptors (Lipinski definition) is 3. The fourth-order valence-corrected chi connectivity index (χ4v) is 1.49. The summed E-state index contributed by atoms with van der Waals surface area (Å²) in [6, 6.07) is 4.35. The van der Waals surface area contributed by atoms with E-state index in [1.165, 1.54) is 12.1 Å². The van der Waals surface area contributed by atoms with Crippen LogP contribution < -0.4 is 15.8 Å². The minimum Gasteiger partial charge on any atom is -0.492 e. The van der Waals surface area contributed by atoms with Crippen molar-refractivity contribution in [3.05, 3.63) is 29.8 Å². The van der Waals surface area contributed by atoms with Crippen molar-refractivity contribution in [2.24, 2.45) is 5.73 Å². The zero-order chi connectivity index (χ0) is 15.2. The molecule has 1 aromatic rings. The van der Waals surface area contributed by atoms with Crippen molar-refractivity contribution in [3.63, 3.8) is 0 Å². The lowest BCUT2D eigenvalue weighted by atomic mass is 10.2. The van der Waals surface area contributed by atoms with Gasteiger partial charge in [0.2, 0.25) is 5.91 Å². The lowest BCUT2D eigenvalue weighted by Gasteiger charge is -2.11. The van der Waals surface area contributed by atoms with E-state index in [-0.39, 0.29) is 37.3 Å². The number of rotatable bonds is 6. The number of nitrogens with one attached hydrogen (secondary N) is 1. The van der Waals surface area contributed by atoms with E-state index in [4.69, 9.17) is 10.5 Å². The standard InChI is InChI=1S/C13H17F3N2O2/c1-9(17)7-12(19)18-5-6-20-11-4-2-3-10(8-11)13(14,15)16/h2-4,8-9H,5-7,17H2,1H3,(H,18,19). The van der Waals surface area contributed by atoms with Gasteiger partial charge < -0.3 is 15.8 Å². The smallest absolute Gasteiger partial charge is 0.416 e. The normalized spacial score (nSPS) is 12.8. The maximum atomic E-state index is 12.5. The molecule has 20 heavy (non-hydrogen) atoms. The van der Waals surface area contributed by atoms with Crippen molar-refractivity contribution in [1.82, 2.24) is 5.32 Å². The summed E-state index contributed by atoms with van der Waals surface area (Å²) in [6.45, 7) is 2.01. The van der Waals surface area contributed by atoms with Crippen LogP contribution in [0, 0.1) is 0 Å². The molecule has 0 heterocycles. The van der Waals surface area contributed by atoms with Crippen LogP contribution in [0.1, 0.15) is 18.9 Å². The van der Waals surface area contributed by atoms with Gasteiger partial charge in [0.15, 0.2) is 0 Å². The predicted octanol–water partition coefficient (Wildman–Crippen LogP) is 1.94. The summed E-state index contributed by atoms with van der Waals surface area (Å²) in [4.78, 5) is 11.3. The van der Waals surface area contributed by atoms with Gasteiger partial charge in [0.05, 0.1) is 12.1 Å². The molecule has 4 nitrogen and oxygen atoms in total. The molecule has 0 spiro atoms. The largest absolute Gasteiger partial charge is 0.492 e. The zero-order valence-electron chi connectivity index (χ0n) is 11.0. The maximum Gasteiger partial charge on any atom is 0.416 e. The number of amides is 1. The van der Waals surface area contributed by atoms with Crippen molar-refractivity contribution in [2.75, 3.05) is 13.2 Å². The van der Waals surface area contributed by atoms with Gasteiger partial charge in [-0.1, -0.05) is 6.07 Å². The van der Waals surface area contributed by atoms with Crippen molar-refractivity contribution in [3.8, 4) is 5.75 Å². The fourth-order valence-electron chi connectivity index (χ4n) is 1.49. The van der Waals surface area contributed by atoms with Gasteiger partial charge in [-0.2, -0.15) is 13.2 Å². The van der Waals surface area contributed by atoms with Crippen molar-refractivity contribution >= 4 is 5.91 Å². The average Bonchev–Trinajstić information content (AvgIpc) is 2.33. The molecule has 0 saturated heterocycles. The van der Waals surface area contributed by atoms with Gasteiger partial charge in [-0.15, -0.1) is 0 Å². The van der Waals surface area contributed by atoms with Gasteiger partial charge >= 0.3 is 6.18 Å². The van der Waals surface area contributed by atoms with Crippen LogP contribution in [0.4, 0.5) is 13.2 Å². The maximum absolute atomic E-state index is 12.5. The van der Waals surface area contributed by atoms with Crippen LogP contribution in [0.25, 0.3) is 0 Å². The Kier molecular flexibility index (Phi) is 5.82. The molecule has 1 rings (SSSR count). The Morgan fingerprint density at radius 2 is 2.15 bits per heavy atom. The molecule has 0 aromatic heterocycles. The number of carbonyl (C=O) groups is 1. The number of nitrogens with two attached hydrogens (primary N) is 1. The highest BCUT2D eigenvalue weighted by Crippen LogP contribution is 2.31. The van der Waals surface area contributed by atoms with E-state index < -0.39 is 11.7 Å². The highest BCUT2D eigenvalue weighted by Gasteiger charge is 2.30. The number of halogens is 3. The van der Waals surface area contributed by atoms with E-state index in [1.54, 1.807) is 6.92 Å². The van der Waals surface area contributed by atoms with E-state index >= 15 is 0 Å². The molecule has 0 radical (unpaired) electrons. The van der Waals surface area contributed by atoms with Crippen LogP contribution in [-0.2, 0) is 11.0 Å². The Bertz CT molecular complexity index is 447. The van der Waals surface area contributed by atoms with Crippen molar-refractivity contribution < 1.29 is 22.7 Å². The second-order valence-electron chi connectivity index (χ2n) is 4.41. The van der Waals surface area contributed by atoms with Gasteiger partial charge in [0.25, 0.3) is 0 Å². The monoisotopic (exact) mass is 290 g/mol. The summed E-state index contributed by atoms with van der Waals surface area (Å²) in [5.41, 5.74) is 4.68. The molecule has 0 aliphatic heterocycles. The first-order valence-corrected chi connectivity index (χ1v) is 6.11. The predicted molar refractivity (Wildman–Crippen MR) is 68.2 cm³/mol. The van der Waals surface area contributed by atoms with E-state index in [0.29, 0.717) is 0 Å². The average molecular weight is 290 g/mol. The minimum absolute atomic E-state index is 0.0893. The first kappa shape index (κ1) is 16.3. The molecular formula is C13H17F3N2O2. The molecule has 1 aromatic carbocycles. The van der Waals surface area contributed by atoms with Crippen LogP contribution >= 0.6 is 0 Å². The Morgan fingerprint density at radius 3 is 2.75 bits per heavy atom. The molecular weight excluding hydrogens is 273 g/mol. The summed E-state index contributed by atoms with van der Waals surface area (Å²) >= 11 is 0. The van der Waals surface area contributed by atoms with Gasteiger partial charge in [-0.05, 0) is 25.1 Å². The molecule has 0 saturated carbocycles. The molecule has 0 aliphatic rings. The molecule has 112 valence electrons. The van der Waals surface area contributed by atoms with E-state index in [1.807, 2.05) is 0 Å². The van der Waals surface area contributed by atoms with Crippen molar-refractivity contribution in [2.45, 2.75) is 25.6 Å². The first-order chi connectivity index (χ1) is 9.29. The van der Waals surface area contributed by atoms with Gasteiger partial charge in [0, 0.05) is 12.5 Å². The number of alkyl halides is 3. The van der Waals surface area contributed by atoms with Gasteiger partial charge in [-0.25, -0.2) is 0 Å².